The number of imidazole rings is 1. The van der Waals surface area contributed by atoms with Gasteiger partial charge < -0.3 is 9.67 Å². The van der Waals surface area contributed by atoms with Crippen LogP contribution in [0.1, 0.15) is 16.2 Å². The molecule has 9 heteroatoms. The average molecular weight is 330 g/mol. The number of benzene rings is 1. The molecule has 1 heterocycles. The van der Waals surface area contributed by atoms with E-state index in [-0.39, 0.29) is 21.3 Å². The molecular formula is C12H12ClN3O4S. The van der Waals surface area contributed by atoms with E-state index >= 15 is 0 Å². The van der Waals surface area contributed by atoms with Crippen LogP contribution in [0.5, 0.6) is 0 Å². The number of aryl methyl sites for hydroxylation is 2. The first-order chi connectivity index (χ1) is 9.70. The summed E-state index contributed by atoms with van der Waals surface area (Å²) in [6, 6.07) is 3.72. The van der Waals surface area contributed by atoms with E-state index in [1.807, 2.05) is 0 Å². The normalized spacial score (nSPS) is 11.4. The molecule has 21 heavy (non-hydrogen) atoms. The van der Waals surface area contributed by atoms with Crippen LogP contribution in [0.3, 0.4) is 0 Å². The minimum atomic E-state index is -3.88. The predicted molar refractivity (Wildman–Crippen MR) is 77.2 cm³/mol. The maximum Gasteiger partial charge on any atom is 0.335 e. The van der Waals surface area contributed by atoms with Gasteiger partial charge in [0.25, 0.3) is 10.0 Å². The van der Waals surface area contributed by atoms with Crippen molar-refractivity contribution >= 4 is 33.3 Å². The summed E-state index contributed by atoms with van der Waals surface area (Å²) in [5.41, 5.74) is 0.0570. The van der Waals surface area contributed by atoms with Crippen LogP contribution in [0.25, 0.3) is 0 Å². The Morgan fingerprint density at radius 1 is 1.43 bits per heavy atom. The number of sulfonamides is 1. The Kier molecular flexibility index (Phi) is 3.93. The summed E-state index contributed by atoms with van der Waals surface area (Å²) < 4.78 is 28.2. The number of nitrogens with one attached hydrogen (secondary N) is 1. The van der Waals surface area contributed by atoms with E-state index in [4.69, 9.17) is 16.7 Å². The van der Waals surface area contributed by atoms with Crippen molar-refractivity contribution in [3.8, 4) is 0 Å². The van der Waals surface area contributed by atoms with Crippen LogP contribution in [0, 0.1) is 6.92 Å². The van der Waals surface area contributed by atoms with Crippen LogP contribution in [0.15, 0.2) is 29.4 Å². The molecular weight excluding hydrogens is 318 g/mol. The number of rotatable bonds is 4. The summed E-state index contributed by atoms with van der Waals surface area (Å²) in [6.45, 7) is 1.67. The Labute approximate surface area is 126 Å². The van der Waals surface area contributed by atoms with E-state index in [0.29, 0.717) is 5.82 Å². The number of carbonyl (C=O) groups is 1. The van der Waals surface area contributed by atoms with Crippen LogP contribution < -0.4 is 4.72 Å². The standard InChI is InChI=1S/C12H12ClN3O4S/c1-7-14-11(6-16(7)2)21(19,20)15-10-4-3-8(12(17)18)5-9(10)13/h3-6,15H,1-2H3,(H,17,18). The fourth-order valence-electron chi connectivity index (χ4n) is 1.58. The van der Waals surface area contributed by atoms with E-state index in [1.54, 1.807) is 18.5 Å². The lowest BCUT2D eigenvalue weighted by Crippen LogP contribution is -2.14. The Balaban J connectivity index is 2.35. The minimum Gasteiger partial charge on any atom is -0.478 e. The molecule has 0 fully saturated rings. The topological polar surface area (TPSA) is 101 Å². The van der Waals surface area contributed by atoms with Gasteiger partial charge in [-0.3, -0.25) is 4.72 Å². The van der Waals surface area contributed by atoms with Crippen LogP contribution in [0.4, 0.5) is 5.69 Å². The highest BCUT2D eigenvalue weighted by Crippen LogP contribution is 2.25. The Morgan fingerprint density at radius 3 is 2.57 bits per heavy atom. The van der Waals surface area contributed by atoms with Gasteiger partial charge in [-0.05, 0) is 25.1 Å². The highest BCUT2D eigenvalue weighted by molar-refractivity contribution is 7.92. The number of hydrogen-bond donors (Lipinski definition) is 2. The van der Waals surface area contributed by atoms with Crippen molar-refractivity contribution in [3.63, 3.8) is 0 Å². The fraction of sp³-hybridized carbons (Fsp3) is 0.167. The largest absolute Gasteiger partial charge is 0.478 e. The first-order valence-corrected chi connectivity index (χ1v) is 7.62. The number of halogens is 1. The third-order valence-electron chi connectivity index (χ3n) is 2.82. The lowest BCUT2D eigenvalue weighted by Gasteiger charge is -2.08. The number of nitrogens with zero attached hydrogens (tertiary/aromatic N) is 2. The smallest absolute Gasteiger partial charge is 0.335 e. The second-order valence-electron chi connectivity index (χ2n) is 4.34. The summed E-state index contributed by atoms with van der Waals surface area (Å²) >= 11 is 5.89. The molecule has 0 unspecified atom stereocenters. The molecule has 112 valence electrons. The van der Waals surface area contributed by atoms with Crippen molar-refractivity contribution in [2.24, 2.45) is 7.05 Å². The summed E-state index contributed by atoms with van der Waals surface area (Å²) in [4.78, 5) is 14.7. The van der Waals surface area contributed by atoms with Crippen LogP contribution >= 0.6 is 11.6 Å². The first-order valence-electron chi connectivity index (χ1n) is 5.76. The first kappa shape index (κ1) is 15.3. The van der Waals surface area contributed by atoms with E-state index in [0.717, 1.165) is 0 Å². The number of carboxylic acids is 1. The third kappa shape index (κ3) is 3.17. The van der Waals surface area contributed by atoms with Crippen molar-refractivity contribution in [3.05, 3.63) is 40.8 Å². The highest BCUT2D eigenvalue weighted by atomic mass is 35.5. The molecule has 0 bridgehead atoms. The van der Waals surface area contributed by atoms with Crippen molar-refractivity contribution in [2.75, 3.05) is 4.72 Å². The van der Waals surface area contributed by atoms with Crippen LogP contribution in [-0.2, 0) is 17.1 Å². The minimum absolute atomic E-state index is 0.00821. The molecule has 0 aliphatic carbocycles. The van der Waals surface area contributed by atoms with E-state index in [2.05, 4.69) is 9.71 Å². The zero-order chi connectivity index (χ0) is 15.8. The fourth-order valence-corrected chi connectivity index (χ4v) is 2.99. The number of aromatic nitrogens is 2. The molecule has 0 atom stereocenters. The molecule has 1 aromatic carbocycles. The van der Waals surface area contributed by atoms with Gasteiger partial charge in [0, 0.05) is 13.2 Å². The summed E-state index contributed by atoms with van der Waals surface area (Å²) in [5.74, 6) is -0.602. The van der Waals surface area contributed by atoms with Gasteiger partial charge in [-0.15, -0.1) is 0 Å². The summed E-state index contributed by atoms with van der Waals surface area (Å²) in [6.07, 6.45) is 1.37. The van der Waals surface area contributed by atoms with E-state index in [9.17, 15) is 13.2 Å². The third-order valence-corrected chi connectivity index (χ3v) is 4.37. The second-order valence-corrected chi connectivity index (χ2v) is 6.38. The van der Waals surface area contributed by atoms with Crippen LogP contribution in [0.2, 0.25) is 5.02 Å². The molecule has 2 aromatic rings. The molecule has 0 spiro atoms. The molecule has 7 nitrogen and oxygen atoms in total. The quantitative estimate of drug-likeness (QED) is 0.891. The molecule has 2 rings (SSSR count). The number of carboxylic acid groups (broad SMARTS) is 1. The maximum absolute atomic E-state index is 12.2. The lowest BCUT2D eigenvalue weighted by atomic mass is 10.2. The molecule has 0 saturated heterocycles. The second kappa shape index (κ2) is 5.38. The number of aromatic carboxylic acids is 1. The average Bonchev–Trinajstić information content (AvgIpc) is 2.72. The molecule has 0 amide bonds. The van der Waals surface area contributed by atoms with Crippen molar-refractivity contribution < 1.29 is 18.3 Å². The molecule has 2 N–H and O–H groups in total. The van der Waals surface area contributed by atoms with Gasteiger partial charge in [0.15, 0.2) is 5.03 Å². The van der Waals surface area contributed by atoms with Gasteiger partial charge in [-0.25, -0.2) is 9.78 Å². The number of hydrogen-bond acceptors (Lipinski definition) is 4. The zero-order valence-corrected chi connectivity index (χ0v) is 12.7. The summed E-state index contributed by atoms with van der Waals surface area (Å²) in [5, 5.41) is 8.69. The van der Waals surface area contributed by atoms with E-state index in [1.165, 1.54) is 24.4 Å². The van der Waals surface area contributed by atoms with Crippen molar-refractivity contribution in [1.82, 2.24) is 9.55 Å². The van der Waals surface area contributed by atoms with Crippen molar-refractivity contribution in [2.45, 2.75) is 11.9 Å². The molecule has 0 aliphatic rings. The van der Waals surface area contributed by atoms with Gasteiger partial charge in [-0.1, -0.05) is 11.6 Å². The highest BCUT2D eigenvalue weighted by Gasteiger charge is 2.20. The molecule has 0 saturated carbocycles. The van der Waals surface area contributed by atoms with Crippen molar-refractivity contribution in [1.29, 1.82) is 0 Å². The van der Waals surface area contributed by atoms with Gasteiger partial charge in [0.1, 0.15) is 5.82 Å². The zero-order valence-electron chi connectivity index (χ0n) is 11.2. The Morgan fingerprint density at radius 2 is 2.10 bits per heavy atom. The SMILES string of the molecule is Cc1nc(S(=O)(=O)Nc2ccc(C(=O)O)cc2Cl)cn1C. The van der Waals surface area contributed by atoms with Crippen LogP contribution in [-0.4, -0.2) is 29.0 Å². The number of anilines is 1. The van der Waals surface area contributed by atoms with Gasteiger partial charge in [0.2, 0.25) is 0 Å². The summed E-state index contributed by atoms with van der Waals surface area (Å²) in [7, 11) is -2.21. The molecule has 0 radical (unpaired) electrons. The van der Waals surface area contributed by atoms with E-state index < -0.39 is 16.0 Å². The van der Waals surface area contributed by atoms with Gasteiger partial charge in [-0.2, -0.15) is 8.42 Å². The molecule has 1 aromatic heterocycles. The molecule has 0 aliphatic heterocycles. The Hall–Kier alpha value is -2.06. The monoisotopic (exact) mass is 329 g/mol. The Bertz CT molecular complexity index is 794. The predicted octanol–water partition coefficient (Wildman–Crippen LogP) is 1.88. The van der Waals surface area contributed by atoms with Gasteiger partial charge >= 0.3 is 5.97 Å². The van der Waals surface area contributed by atoms with Gasteiger partial charge in [0.05, 0.1) is 16.3 Å². The maximum atomic E-state index is 12.2. The lowest BCUT2D eigenvalue weighted by molar-refractivity contribution is 0.0697.